The van der Waals surface area contributed by atoms with Crippen LogP contribution in [0.1, 0.15) is 25.3 Å². The van der Waals surface area contributed by atoms with Crippen LogP contribution < -0.4 is 25.0 Å². The number of anilines is 1. The second kappa shape index (κ2) is 12.7. The minimum atomic E-state index is -0.276. The van der Waals surface area contributed by atoms with E-state index in [1.807, 2.05) is 25.1 Å². The van der Waals surface area contributed by atoms with E-state index in [-0.39, 0.29) is 24.4 Å². The molecule has 1 aliphatic heterocycles. The minimum Gasteiger partial charge on any atom is -0.497 e. The molecule has 0 saturated carbocycles. The van der Waals surface area contributed by atoms with Crippen LogP contribution in [-0.2, 0) is 11.3 Å². The number of ether oxygens (including phenoxy) is 2. The van der Waals surface area contributed by atoms with Gasteiger partial charge in [0, 0.05) is 63.8 Å². The molecule has 3 heterocycles. The molecule has 1 saturated heterocycles. The van der Waals surface area contributed by atoms with Crippen molar-refractivity contribution in [1.82, 2.24) is 35.1 Å². The van der Waals surface area contributed by atoms with Crippen molar-refractivity contribution >= 4 is 17.8 Å². The van der Waals surface area contributed by atoms with Gasteiger partial charge in [-0.3, -0.25) is 9.36 Å². The number of hydrogen-bond donors (Lipinski definition) is 2. The summed E-state index contributed by atoms with van der Waals surface area (Å²) in [4.78, 5) is 42.8. The van der Waals surface area contributed by atoms with E-state index in [0.29, 0.717) is 56.0 Å². The lowest BCUT2D eigenvalue weighted by atomic mass is 10.1. The van der Waals surface area contributed by atoms with Crippen molar-refractivity contribution in [3.05, 3.63) is 54.7 Å². The summed E-state index contributed by atoms with van der Waals surface area (Å²) >= 11 is 0. The van der Waals surface area contributed by atoms with E-state index in [0.717, 1.165) is 12.0 Å². The number of methoxy groups -OCH3 is 2. The third kappa shape index (κ3) is 6.69. The minimum absolute atomic E-state index is 0.123. The summed E-state index contributed by atoms with van der Waals surface area (Å²) in [5.74, 6) is 2.34. The Hall–Kier alpha value is -4.35. The average Bonchev–Trinajstić information content (AvgIpc) is 3.50. The number of imidazole rings is 1. The normalized spacial score (nSPS) is 15.2. The van der Waals surface area contributed by atoms with Crippen LogP contribution in [0, 0.1) is 0 Å². The zero-order valence-electron chi connectivity index (χ0n) is 22.0. The number of carbonyl (C=O) groups excluding carboxylic acids is 2. The average molecular weight is 523 g/mol. The van der Waals surface area contributed by atoms with Gasteiger partial charge in [-0.25, -0.2) is 14.8 Å². The molecule has 202 valence electrons. The Morgan fingerprint density at radius 3 is 2.55 bits per heavy atom. The molecule has 2 aromatic heterocycles. The molecule has 1 aliphatic rings. The molecule has 3 amide bonds. The van der Waals surface area contributed by atoms with Crippen LogP contribution in [0.4, 0.5) is 10.6 Å². The van der Waals surface area contributed by atoms with Gasteiger partial charge >= 0.3 is 6.03 Å². The van der Waals surface area contributed by atoms with Crippen LogP contribution in [0.5, 0.6) is 11.5 Å². The van der Waals surface area contributed by atoms with Gasteiger partial charge < -0.3 is 29.9 Å². The Labute approximate surface area is 222 Å². The van der Waals surface area contributed by atoms with Gasteiger partial charge in [-0.05, 0) is 30.2 Å². The van der Waals surface area contributed by atoms with Crippen LogP contribution >= 0.6 is 0 Å². The van der Waals surface area contributed by atoms with Crippen LogP contribution in [-0.4, -0.2) is 82.8 Å². The molecule has 4 rings (SSSR count). The summed E-state index contributed by atoms with van der Waals surface area (Å²) in [6, 6.07) is 6.91. The number of rotatable bonds is 10. The van der Waals surface area contributed by atoms with E-state index in [4.69, 9.17) is 14.5 Å². The number of nitrogens with zero attached hydrogens (tertiary/aromatic N) is 6. The molecular formula is C26H34N8O4. The summed E-state index contributed by atoms with van der Waals surface area (Å²) in [5, 5.41) is 5.93. The highest BCUT2D eigenvalue weighted by Gasteiger charge is 2.32. The Balaban J connectivity index is 1.49. The van der Waals surface area contributed by atoms with Crippen molar-refractivity contribution in [3.8, 4) is 17.4 Å². The number of benzene rings is 1. The predicted octanol–water partition coefficient (Wildman–Crippen LogP) is 2.00. The second-order valence-corrected chi connectivity index (χ2v) is 8.91. The Bertz CT molecular complexity index is 1200. The summed E-state index contributed by atoms with van der Waals surface area (Å²) < 4.78 is 12.4. The maximum Gasteiger partial charge on any atom is 0.317 e. The quantitative estimate of drug-likeness (QED) is 0.414. The Kier molecular flexibility index (Phi) is 8.96. The predicted molar refractivity (Wildman–Crippen MR) is 142 cm³/mol. The number of urea groups is 1. The number of aromatic nitrogens is 4. The van der Waals surface area contributed by atoms with E-state index in [2.05, 4.69) is 25.5 Å². The van der Waals surface area contributed by atoms with Crippen LogP contribution in [0.2, 0.25) is 0 Å². The number of nitrogens with one attached hydrogen (secondary N) is 2. The first-order valence-corrected chi connectivity index (χ1v) is 12.6. The van der Waals surface area contributed by atoms with Crippen molar-refractivity contribution in [3.63, 3.8) is 0 Å². The molecule has 0 bridgehead atoms. The SMILES string of the molecule is CCCNC(=O)N1CCN(c2ccnc(-n3ccnc3)n2)C(CC(=O)NCc2cc(OC)cc(OC)c2)C1. The highest BCUT2D eigenvalue weighted by atomic mass is 16.5. The molecule has 1 aromatic carbocycles. The van der Waals surface area contributed by atoms with Crippen LogP contribution in [0.3, 0.4) is 0 Å². The maximum atomic E-state index is 13.1. The summed E-state index contributed by atoms with van der Waals surface area (Å²) in [7, 11) is 3.17. The van der Waals surface area contributed by atoms with Crippen LogP contribution in [0.15, 0.2) is 49.2 Å². The fraction of sp³-hybridized carbons (Fsp3) is 0.423. The van der Waals surface area contributed by atoms with Crippen molar-refractivity contribution in [1.29, 1.82) is 0 Å². The van der Waals surface area contributed by atoms with Gasteiger partial charge in [0.2, 0.25) is 11.9 Å². The first kappa shape index (κ1) is 26.7. The summed E-state index contributed by atoms with van der Waals surface area (Å²) in [6.45, 7) is 4.37. The Morgan fingerprint density at radius 1 is 1.08 bits per heavy atom. The Morgan fingerprint density at radius 2 is 1.87 bits per heavy atom. The molecular weight excluding hydrogens is 488 g/mol. The topological polar surface area (TPSA) is 127 Å². The highest BCUT2D eigenvalue weighted by molar-refractivity contribution is 5.78. The molecule has 1 atom stereocenters. The first-order chi connectivity index (χ1) is 18.5. The molecule has 0 spiro atoms. The smallest absolute Gasteiger partial charge is 0.317 e. The fourth-order valence-electron chi connectivity index (χ4n) is 4.32. The number of carbonyl (C=O) groups is 2. The molecule has 3 aromatic rings. The number of amides is 3. The largest absolute Gasteiger partial charge is 0.497 e. The van der Waals surface area contributed by atoms with E-state index in [1.165, 1.54) is 0 Å². The van der Waals surface area contributed by atoms with Crippen LogP contribution in [0.25, 0.3) is 5.95 Å². The molecule has 12 heteroatoms. The van der Waals surface area contributed by atoms with Crippen molar-refractivity contribution in [2.45, 2.75) is 32.4 Å². The van der Waals surface area contributed by atoms with Gasteiger partial charge in [-0.1, -0.05) is 6.92 Å². The molecule has 1 fully saturated rings. The second-order valence-electron chi connectivity index (χ2n) is 8.91. The van der Waals surface area contributed by atoms with Gasteiger partial charge in [0.05, 0.1) is 20.3 Å². The molecule has 0 aliphatic carbocycles. The highest BCUT2D eigenvalue weighted by Crippen LogP contribution is 2.23. The number of piperazine rings is 1. The molecule has 1 unspecified atom stereocenters. The molecule has 2 N–H and O–H groups in total. The lowest BCUT2D eigenvalue weighted by Crippen LogP contribution is -2.58. The van der Waals surface area contributed by atoms with E-state index in [1.54, 1.807) is 54.7 Å². The lowest BCUT2D eigenvalue weighted by Gasteiger charge is -2.41. The lowest BCUT2D eigenvalue weighted by molar-refractivity contribution is -0.121. The third-order valence-electron chi connectivity index (χ3n) is 6.28. The zero-order valence-corrected chi connectivity index (χ0v) is 22.0. The van der Waals surface area contributed by atoms with Gasteiger partial charge in [-0.15, -0.1) is 0 Å². The van der Waals surface area contributed by atoms with Crippen molar-refractivity contribution < 1.29 is 19.1 Å². The fourth-order valence-corrected chi connectivity index (χ4v) is 4.32. The third-order valence-corrected chi connectivity index (χ3v) is 6.28. The summed E-state index contributed by atoms with van der Waals surface area (Å²) in [5.41, 5.74) is 0.858. The van der Waals surface area contributed by atoms with E-state index < -0.39 is 0 Å². The zero-order chi connectivity index (χ0) is 26.9. The van der Waals surface area contributed by atoms with E-state index in [9.17, 15) is 9.59 Å². The standard InChI is InChI=1S/C26H34N8O4/c1-4-6-29-26(36)32-10-11-34(23-5-7-28-25(31-23)33-9-8-27-18-33)20(17-32)14-24(35)30-16-19-12-21(37-2)15-22(13-19)38-3/h5,7-9,12-13,15,18,20H,4,6,10-11,14,16-17H2,1-3H3,(H,29,36)(H,30,35). The summed E-state index contributed by atoms with van der Waals surface area (Å²) in [6.07, 6.45) is 7.79. The van der Waals surface area contributed by atoms with Crippen molar-refractivity contribution in [2.24, 2.45) is 0 Å². The maximum absolute atomic E-state index is 13.1. The molecule has 38 heavy (non-hydrogen) atoms. The van der Waals surface area contributed by atoms with Gasteiger partial charge in [0.25, 0.3) is 0 Å². The molecule has 0 radical (unpaired) electrons. The van der Waals surface area contributed by atoms with E-state index >= 15 is 0 Å². The van der Waals surface area contributed by atoms with Gasteiger partial charge in [0.15, 0.2) is 0 Å². The number of hydrogen-bond acceptors (Lipinski definition) is 8. The van der Waals surface area contributed by atoms with Gasteiger partial charge in [0.1, 0.15) is 23.6 Å². The van der Waals surface area contributed by atoms with Crippen molar-refractivity contribution in [2.75, 3.05) is 45.3 Å². The molecule has 12 nitrogen and oxygen atoms in total. The van der Waals surface area contributed by atoms with Gasteiger partial charge in [-0.2, -0.15) is 4.98 Å². The first-order valence-electron chi connectivity index (χ1n) is 12.6. The monoisotopic (exact) mass is 522 g/mol.